The number of aromatic nitrogens is 1. The average Bonchev–Trinajstić information content (AvgIpc) is 3.20. The van der Waals surface area contributed by atoms with Crippen molar-refractivity contribution in [2.75, 3.05) is 12.0 Å². The molecule has 1 amide bonds. The van der Waals surface area contributed by atoms with Crippen molar-refractivity contribution in [3.05, 3.63) is 93.5 Å². The number of methoxy groups -OCH3 is 1. The third-order valence-corrected chi connectivity index (χ3v) is 6.03. The lowest BCUT2D eigenvalue weighted by Gasteiger charge is -2.21. The zero-order chi connectivity index (χ0) is 22.0. The highest BCUT2D eigenvalue weighted by atomic mass is 32.1. The van der Waals surface area contributed by atoms with Crippen molar-refractivity contribution in [2.24, 2.45) is 0 Å². The van der Waals surface area contributed by atoms with Crippen molar-refractivity contribution in [1.82, 2.24) is 4.98 Å². The third-order valence-electron chi connectivity index (χ3n) is 4.98. The molecule has 1 heterocycles. The number of carbonyl (C=O) groups excluding carboxylic acids is 1. The first kappa shape index (κ1) is 20.5. The van der Waals surface area contributed by atoms with Crippen LogP contribution in [0.5, 0.6) is 5.75 Å². The molecular weight excluding hydrogens is 414 g/mol. The summed E-state index contributed by atoms with van der Waals surface area (Å²) in [5.74, 6) is 0.343. The van der Waals surface area contributed by atoms with Crippen LogP contribution in [-0.2, 0) is 6.54 Å². The van der Waals surface area contributed by atoms with Crippen molar-refractivity contribution in [3.8, 4) is 5.75 Å². The number of nitro groups is 1. The Bertz CT molecular complexity index is 1270. The SMILES string of the molecule is COc1ccc2sc(N(Cc3ccccc3)C(=O)c3cccc([N+](=O)[O-])c3C)nc2c1. The molecule has 0 fully saturated rings. The Kier molecular flexibility index (Phi) is 5.64. The van der Waals surface area contributed by atoms with Gasteiger partial charge >= 0.3 is 0 Å². The number of benzene rings is 3. The molecular formula is C23H19N3O4S. The van der Waals surface area contributed by atoms with Gasteiger partial charge in [-0.15, -0.1) is 0 Å². The van der Waals surface area contributed by atoms with Crippen molar-refractivity contribution < 1.29 is 14.5 Å². The molecule has 0 saturated heterocycles. The van der Waals surface area contributed by atoms with Gasteiger partial charge in [0.1, 0.15) is 5.75 Å². The van der Waals surface area contributed by atoms with E-state index in [1.165, 1.54) is 23.5 Å². The Labute approximate surface area is 182 Å². The van der Waals surface area contributed by atoms with Gasteiger partial charge in [-0.05, 0) is 30.7 Å². The van der Waals surface area contributed by atoms with E-state index in [2.05, 4.69) is 4.98 Å². The molecule has 0 aliphatic heterocycles. The average molecular weight is 433 g/mol. The summed E-state index contributed by atoms with van der Waals surface area (Å²) >= 11 is 1.39. The van der Waals surface area contributed by atoms with E-state index in [-0.39, 0.29) is 17.2 Å². The lowest BCUT2D eigenvalue weighted by molar-refractivity contribution is -0.385. The standard InChI is InChI=1S/C23H19N3O4S/c1-15-18(9-6-10-20(15)26(28)29)22(27)25(14-16-7-4-3-5-8-16)23-24-19-13-17(30-2)11-12-21(19)31-23/h3-13H,14H2,1-2H3. The van der Waals surface area contributed by atoms with E-state index in [0.717, 1.165) is 15.8 Å². The van der Waals surface area contributed by atoms with Gasteiger partial charge < -0.3 is 4.74 Å². The Balaban J connectivity index is 1.81. The van der Waals surface area contributed by atoms with Gasteiger partial charge in [0.25, 0.3) is 11.6 Å². The van der Waals surface area contributed by atoms with E-state index in [4.69, 9.17) is 4.74 Å². The number of anilines is 1. The zero-order valence-electron chi connectivity index (χ0n) is 16.9. The largest absolute Gasteiger partial charge is 0.497 e. The minimum Gasteiger partial charge on any atom is -0.497 e. The second-order valence-corrected chi connectivity index (χ2v) is 7.92. The number of carbonyl (C=O) groups is 1. The summed E-state index contributed by atoms with van der Waals surface area (Å²) in [6.07, 6.45) is 0. The summed E-state index contributed by atoms with van der Waals surface area (Å²) < 4.78 is 6.19. The van der Waals surface area contributed by atoms with Crippen LogP contribution in [0.15, 0.2) is 66.7 Å². The Morgan fingerprint density at radius 2 is 1.90 bits per heavy atom. The van der Waals surface area contributed by atoms with Crippen LogP contribution in [0.4, 0.5) is 10.8 Å². The van der Waals surface area contributed by atoms with Gasteiger partial charge in [-0.1, -0.05) is 47.7 Å². The van der Waals surface area contributed by atoms with Gasteiger partial charge in [0.15, 0.2) is 5.13 Å². The molecule has 0 aliphatic rings. The molecule has 0 N–H and O–H groups in total. The molecule has 0 saturated carbocycles. The first-order valence-corrected chi connectivity index (χ1v) is 10.3. The van der Waals surface area contributed by atoms with Crippen LogP contribution >= 0.6 is 11.3 Å². The summed E-state index contributed by atoms with van der Waals surface area (Å²) in [7, 11) is 1.59. The number of hydrogen-bond donors (Lipinski definition) is 0. The third kappa shape index (κ3) is 4.10. The van der Waals surface area contributed by atoms with Crippen molar-refractivity contribution in [1.29, 1.82) is 0 Å². The van der Waals surface area contributed by atoms with E-state index >= 15 is 0 Å². The summed E-state index contributed by atoms with van der Waals surface area (Å²) in [6.45, 7) is 1.88. The second kappa shape index (κ2) is 8.53. The lowest BCUT2D eigenvalue weighted by atomic mass is 10.1. The number of nitro benzene ring substituents is 1. The highest BCUT2D eigenvalue weighted by molar-refractivity contribution is 7.22. The van der Waals surface area contributed by atoms with Crippen molar-refractivity contribution >= 4 is 38.3 Å². The molecule has 4 aromatic rings. The van der Waals surface area contributed by atoms with Gasteiger partial charge in [-0.3, -0.25) is 19.8 Å². The van der Waals surface area contributed by atoms with Gasteiger partial charge in [0.05, 0.1) is 28.8 Å². The van der Waals surface area contributed by atoms with Gasteiger partial charge in [0, 0.05) is 23.3 Å². The molecule has 0 aliphatic carbocycles. The quantitative estimate of drug-likeness (QED) is 0.301. The van der Waals surface area contributed by atoms with E-state index < -0.39 is 4.92 Å². The van der Waals surface area contributed by atoms with E-state index in [9.17, 15) is 14.9 Å². The van der Waals surface area contributed by atoms with Gasteiger partial charge in [0.2, 0.25) is 0 Å². The minimum atomic E-state index is -0.475. The molecule has 0 spiro atoms. The predicted molar refractivity (Wildman–Crippen MR) is 121 cm³/mol. The number of nitrogens with zero attached hydrogens (tertiary/aromatic N) is 3. The highest BCUT2D eigenvalue weighted by Crippen LogP contribution is 2.33. The summed E-state index contributed by atoms with van der Waals surface area (Å²) in [5.41, 5.74) is 2.18. The number of fused-ring (bicyclic) bond motifs is 1. The molecule has 0 bridgehead atoms. The van der Waals surface area contributed by atoms with Crippen LogP contribution in [0.3, 0.4) is 0 Å². The molecule has 1 aromatic heterocycles. The van der Waals surface area contributed by atoms with Crippen LogP contribution in [0.1, 0.15) is 21.5 Å². The fourth-order valence-electron chi connectivity index (χ4n) is 3.33. The predicted octanol–water partition coefficient (Wildman–Crippen LogP) is 5.37. The first-order valence-electron chi connectivity index (χ1n) is 9.52. The Morgan fingerprint density at radius 1 is 1.13 bits per heavy atom. The molecule has 0 atom stereocenters. The van der Waals surface area contributed by atoms with Crippen molar-refractivity contribution in [2.45, 2.75) is 13.5 Å². The maximum Gasteiger partial charge on any atom is 0.273 e. The van der Waals surface area contributed by atoms with E-state index in [0.29, 0.717) is 23.0 Å². The van der Waals surface area contributed by atoms with Crippen molar-refractivity contribution in [3.63, 3.8) is 0 Å². The van der Waals surface area contributed by atoms with Crippen LogP contribution < -0.4 is 9.64 Å². The molecule has 8 heteroatoms. The lowest BCUT2D eigenvalue weighted by Crippen LogP contribution is -2.31. The molecule has 156 valence electrons. The van der Waals surface area contributed by atoms with E-state index in [1.54, 1.807) is 25.0 Å². The number of amides is 1. The molecule has 3 aromatic carbocycles. The molecule has 0 unspecified atom stereocenters. The van der Waals surface area contributed by atoms with Gasteiger partial charge in [-0.2, -0.15) is 0 Å². The number of thiazole rings is 1. The smallest absolute Gasteiger partial charge is 0.273 e. The number of hydrogen-bond acceptors (Lipinski definition) is 6. The normalized spacial score (nSPS) is 10.8. The Hall–Kier alpha value is -3.78. The highest BCUT2D eigenvalue weighted by Gasteiger charge is 2.26. The van der Waals surface area contributed by atoms with Crippen LogP contribution in [0.25, 0.3) is 10.2 Å². The van der Waals surface area contributed by atoms with Crippen LogP contribution in [-0.4, -0.2) is 22.9 Å². The number of rotatable bonds is 6. The second-order valence-electron chi connectivity index (χ2n) is 6.91. The fraction of sp³-hybridized carbons (Fsp3) is 0.130. The van der Waals surface area contributed by atoms with Crippen LogP contribution in [0.2, 0.25) is 0 Å². The number of ether oxygens (including phenoxy) is 1. The molecule has 7 nitrogen and oxygen atoms in total. The summed E-state index contributed by atoms with van der Waals surface area (Å²) in [4.78, 5) is 30.7. The van der Waals surface area contributed by atoms with E-state index in [1.807, 2.05) is 48.5 Å². The maximum absolute atomic E-state index is 13.6. The summed E-state index contributed by atoms with van der Waals surface area (Å²) in [5, 5.41) is 11.9. The fourth-order valence-corrected chi connectivity index (χ4v) is 4.27. The monoisotopic (exact) mass is 433 g/mol. The topological polar surface area (TPSA) is 85.6 Å². The molecule has 4 rings (SSSR count). The van der Waals surface area contributed by atoms with Gasteiger partial charge in [-0.25, -0.2) is 4.98 Å². The van der Waals surface area contributed by atoms with Crippen LogP contribution in [0, 0.1) is 17.0 Å². The maximum atomic E-state index is 13.6. The minimum absolute atomic E-state index is 0.0838. The summed E-state index contributed by atoms with van der Waals surface area (Å²) in [6, 6.07) is 19.7. The Morgan fingerprint density at radius 3 is 2.61 bits per heavy atom. The zero-order valence-corrected chi connectivity index (χ0v) is 17.8. The first-order chi connectivity index (χ1) is 15.0. The molecule has 0 radical (unpaired) electrons. The molecule has 31 heavy (non-hydrogen) atoms.